The van der Waals surface area contributed by atoms with E-state index >= 15 is 0 Å². The van der Waals surface area contributed by atoms with Gasteiger partial charge in [0.05, 0.1) is 0 Å². The van der Waals surface area contributed by atoms with Crippen LogP contribution in [-0.2, 0) is 14.8 Å². The quantitative estimate of drug-likeness (QED) is 0.674. The third-order valence-corrected chi connectivity index (χ3v) is 7.30. The lowest BCUT2D eigenvalue weighted by Gasteiger charge is -2.15. The Labute approximate surface area is 147 Å². The minimum absolute atomic E-state index is 0.136. The van der Waals surface area contributed by atoms with E-state index in [0.717, 1.165) is 31.8 Å². The molecule has 0 atom stereocenters. The molecule has 1 N–H and O–H groups in total. The topological polar surface area (TPSA) is 75.7 Å². The van der Waals surface area contributed by atoms with Crippen molar-refractivity contribution in [2.75, 3.05) is 32.8 Å². The molecule has 1 aromatic rings. The molecule has 0 radical (unpaired) electrons. The first kappa shape index (κ1) is 17.8. The molecule has 0 spiro atoms. The Hall–Kier alpha value is -0.960. The van der Waals surface area contributed by atoms with Crippen LogP contribution < -0.4 is 5.32 Å². The summed E-state index contributed by atoms with van der Waals surface area (Å²) < 4.78 is 32.3. The van der Waals surface area contributed by atoms with Crippen molar-refractivity contribution in [2.24, 2.45) is 5.92 Å². The highest BCUT2D eigenvalue weighted by atomic mass is 32.2. The van der Waals surface area contributed by atoms with Crippen LogP contribution in [0.15, 0.2) is 16.3 Å². The molecule has 3 rings (SSSR count). The van der Waals surface area contributed by atoms with Crippen LogP contribution in [-0.4, -0.2) is 51.5 Å². The Morgan fingerprint density at radius 1 is 1.33 bits per heavy atom. The van der Waals surface area contributed by atoms with Crippen molar-refractivity contribution in [3.05, 3.63) is 16.3 Å². The van der Waals surface area contributed by atoms with Gasteiger partial charge in [0.1, 0.15) is 9.77 Å². The summed E-state index contributed by atoms with van der Waals surface area (Å²) in [5.41, 5.74) is 0. The predicted molar refractivity (Wildman–Crippen MR) is 92.8 cm³/mol. The maximum absolute atomic E-state index is 12.6. The fourth-order valence-corrected chi connectivity index (χ4v) is 5.56. The van der Waals surface area contributed by atoms with Crippen LogP contribution in [0.2, 0.25) is 0 Å². The number of amides is 1. The molecule has 1 amide bonds. The second-order valence-corrected chi connectivity index (χ2v) is 9.18. The molecule has 0 bridgehead atoms. The van der Waals surface area contributed by atoms with Crippen LogP contribution in [0.1, 0.15) is 41.8 Å². The maximum Gasteiger partial charge on any atom is 0.262 e. The van der Waals surface area contributed by atoms with Gasteiger partial charge in [-0.25, -0.2) is 8.42 Å². The lowest BCUT2D eigenvalue weighted by molar-refractivity contribution is 0.0938. The number of nitrogens with one attached hydrogen (secondary N) is 1. The molecular formula is C16H24N2O4S2. The molecule has 1 aromatic heterocycles. The summed E-state index contributed by atoms with van der Waals surface area (Å²) in [5, 5.41) is 4.46. The van der Waals surface area contributed by atoms with Gasteiger partial charge in [-0.1, -0.05) is 0 Å². The smallest absolute Gasteiger partial charge is 0.262 e. The zero-order valence-electron chi connectivity index (χ0n) is 13.7. The average Bonchev–Trinajstić information content (AvgIpc) is 3.07. The number of carbonyl (C=O) groups excluding carboxylic acids is 1. The second kappa shape index (κ2) is 7.95. The molecule has 1 aliphatic heterocycles. The molecule has 1 saturated heterocycles. The number of hydrogen-bond acceptors (Lipinski definition) is 5. The molecule has 2 fully saturated rings. The van der Waals surface area contributed by atoms with Gasteiger partial charge in [0.25, 0.3) is 5.91 Å². The van der Waals surface area contributed by atoms with E-state index in [0.29, 0.717) is 26.2 Å². The summed E-state index contributed by atoms with van der Waals surface area (Å²) >= 11 is 1.17. The van der Waals surface area contributed by atoms with Crippen LogP contribution >= 0.6 is 11.3 Å². The van der Waals surface area contributed by atoms with Gasteiger partial charge in [-0.05, 0) is 49.5 Å². The molecule has 6 nitrogen and oxygen atoms in total. The van der Waals surface area contributed by atoms with E-state index in [4.69, 9.17) is 4.74 Å². The van der Waals surface area contributed by atoms with Crippen molar-refractivity contribution in [1.82, 2.24) is 9.62 Å². The first-order valence-corrected chi connectivity index (χ1v) is 10.8. The van der Waals surface area contributed by atoms with Crippen molar-refractivity contribution in [1.29, 1.82) is 0 Å². The van der Waals surface area contributed by atoms with Gasteiger partial charge in [-0.15, -0.1) is 11.3 Å². The van der Waals surface area contributed by atoms with E-state index in [9.17, 15) is 13.2 Å². The van der Waals surface area contributed by atoms with Crippen molar-refractivity contribution in [3.63, 3.8) is 0 Å². The monoisotopic (exact) mass is 372 g/mol. The molecular weight excluding hydrogens is 348 g/mol. The van der Waals surface area contributed by atoms with E-state index in [1.165, 1.54) is 34.6 Å². The van der Waals surface area contributed by atoms with Gasteiger partial charge in [-0.2, -0.15) is 4.31 Å². The van der Waals surface area contributed by atoms with Gasteiger partial charge in [0, 0.05) is 32.8 Å². The first-order valence-electron chi connectivity index (χ1n) is 8.52. The summed E-state index contributed by atoms with van der Waals surface area (Å²) in [6.07, 6.45) is 5.03. The fourth-order valence-electron chi connectivity index (χ4n) is 2.72. The number of hydrogen-bond donors (Lipinski definition) is 1. The van der Waals surface area contributed by atoms with E-state index in [1.54, 1.807) is 5.38 Å². The SMILES string of the molecule is O=C(NCCCOCC1CC1)c1sccc1S(=O)(=O)N1CCCC1. The second-order valence-electron chi connectivity index (χ2n) is 6.35. The molecule has 1 aliphatic carbocycles. The van der Waals surface area contributed by atoms with E-state index in [2.05, 4.69) is 5.32 Å². The van der Waals surface area contributed by atoms with Gasteiger partial charge in [-0.3, -0.25) is 4.79 Å². The van der Waals surface area contributed by atoms with E-state index in [1.807, 2.05) is 0 Å². The minimum Gasteiger partial charge on any atom is -0.381 e. The predicted octanol–water partition coefficient (Wildman–Crippen LogP) is 2.08. The first-order chi connectivity index (χ1) is 11.6. The zero-order valence-corrected chi connectivity index (χ0v) is 15.3. The van der Waals surface area contributed by atoms with Crippen LogP contribution in [0.25, 0.3) is 0 Å². The lowest BCUT2D eigenvalue weighted by Crippen LogP contribution is -2.31. The highest BCUT2D eigenvalue weighted by Gasteiger charge is 2.31. The minimum atomic E-state index is -3.55. The van der Waals surface area contributed by atoms with E-state index in [-0.39, 0.29) is 15.7 Å². The number of sulfonamides is 1. The number of rotatable bonds is 9. The van der Waals surface area contributed by atoms with Gasteiger partial charge in [0.15, 0.2) is 0 Å². The van der Waals surface area contributed by atoms with Gasteiger partial charge in [0.2, 0.25) is 10.0 Å². The normalized spacial score (nSPS) is 18.8. The molecule has 0 unspecified atom stereocenters. The van der Waals surface area contributed by atoms with Crippen molar-refractivity contribution in [3.8, 4) is 0 Å². The van der Waals surface area contributed by atoms with E-state index < -0.39 is 10.0 Å². The van der Waals surface area contributed by atoms with Crippen LogP contribution in [0.3, 0.4) is 0 Å². The fraction of sp³-hybridized carbons (Fsp3) is 0.688. The number of thiophene rings is 1. The highest BCUT2D eigenvalue weighted by molar-refractivity contribution is 7.89. The zero-order chi connectivity index (χ0) is 17.0. The summed E-state index contributed by atoms with van der Waals surface area (Å²) in [4.78, 5) is 12.7. The summed E-state index contributed by atoms with van der Waals surface area (Å²) in [5.74, 6) is 0.425. The number of carbonyl (C=O) groups is 1. The number of nitrogens with zero attached hydrogens (tertiary/aromatic N) is 1. The largest absolute Gasteiger partial charge is 0.381 e. The third kappa shape index (κ3) is 4.36. The molecule has 2 heterocycles. The summed E-state index contributed by atoms with van der Waals surface area (Å²) in [6, 6.07) is 1.53. The number of ether oxygens (including phenoxy) is 1. The Kier molecular flexibility index (Phi) is 5.91. The molecule has 1 saturated carbocycles. The Balaban J connectivity index is 1.50. The molecule has 134 valence electrons. The maximum atomic E-state index is 12.6. The van der Waals surface area contributed by atoms with Gasteiger partial charge < -0.3 is 10.1 Å². The standard InChI is InChI=1S/C16H24N2O4S2/c19-16(17-7-3-10-22-12-13-4-5-13)15-14(6-11-23-15)24(20,21)18-8-1-2-9-18/h6,11,13H,1-5,7-10,12H2,(H,17,19). The molecule has 2 aliphatic rings. The average molecular weight is 373 g/mol. The van der Waals surface area contributed by atoms with Crippen molar-refractivity contribution in [2.45, 2.75) is 37.0 Å². The van der Waals surface area contributed by atoms with Crippen LogP contribution in [0.5, 0.6) is 0 Å². The van der Waals surface area contributed by atoms with Gasteiger partial charge >= 0.3 is 0 Å². The summed E-state index contributed by atoms with van der Waals surface area (Å²) in [7, 11) is -3.55. The van der Waals surface area contributed by atoms with Crippen LogP contribution in [0, 0.1) is 5.92 Å². The Morgan fingerprint density at radius 2 is 2.08 bits per heavy atom. The molecule has 24 heavy (non-hydrogen) atoms. The molecule has 0 aromatic carbocycles. The summed E-state index contributed by atoms with van der Waals surface area (Å²) in [6.45, 7) is 3.01. The lowest BCUT2D eigenvalue weighted by atomic mass is 10.4. The van der Waals surface area contributed by atoms with Crippen LogP contribution in [0.4, 0.5) is 0 Å². The third-order valence-electron chi connectivity index (χ3n) is 4.32. The molecule has 8 heteroatoms. The highest BCUT2D eigenvalue weighted by Crippen LogP contribution is 2.29. The Morgan fingerprint density at radius 3 is 2.79 bits per heavy atom. The van der Waals surface area contributed by atoms with Crippen molar-refractivity contribution < 1.29 is 17.9 Å². The Bertz CT molecular complexity index is 661. The van der Waals surface area contributed by atoms with Crippen molar-refractivity contribution >= 4 is 27.3 Å².